The van der Waals surface area contributed by atoms with Gasteiger partial charge in [0.25, 0.3) is 5.91 Å². The van der Waals surface area contributed by atoms with Gasteiger partial charge in [0.05, 0.1) is 5.69 Å². The van der Waals surface area contributed by atoms with Crippen molar-refractivity contribution in [3.8, 4) is 5.69 Å². The number of nitrogens with one attached hydrogen (secondary N) is 1. The lowest BCUT2D eigenvalue weighted by Crippen LogP contribution is -2.23. The zero-order valence-corrected chi connectivity index (χ0v) is 15.5. The van der Waals surface area contributed by atoms with Crippen LogP contribution in [0.1, 0.15) is 15.2 Å². The number of carbonyl (C=O) groups excluding carboxylic acids is 1. The van der Waals surface area contributed by atoms with Crippen LogP contribution in [0.3, 0.4) is 0 Å². The minimum Gasteiger partial charge on any atom is -0.347 e. The fraction of sp³-hybridized carbons (Fsp3) is 0.0526. The van der Waals surface area contributed by atoms with Crippen LogP contribution in [-0.4, -0.2) is 15.5 Å². The highest BCUT2D eigenvalue weighted by Gasteiger charge is 2.20. The number of benzene rings is 1. The summed E-state index contributed by atoms with van der Waals surface area (Å²) in [7, 11) is 0. The van der Waals surface area contributed by atoms with E-state index in [-0.39, 0.29) is 5.91 Å². The van der Waals surface area contributed by atoms with Crippen LogP contribution in [0.5, 0.6) is 0 Å². The molecule has 0 fully saturated rings. The maximum atomic E-state index is 12.8. The molecule has 0 atom stereocenters. The minimum atomic E-state index is -0.0910. The number of thiophene rings is 1. The van der Waals surface area contributed by atoms with E-state index in [1.54, 1.807) is 6.20 Å². The Morgan fingerprint density at radius 2 is 2.00 bits per heavy atom. The molecule has 124 valence electrons. The van der Waals surface area contributed by atoms with E-state index in [4.69, 9.17) is 0 Å². The van der Waals surface area contributed by atoms with E-state index in [2.05, 4.69) is 26.2 Å². The van der Waals surface area contributed by atoms with Crippen LogP contribution in [0.2, 0.25) is 0 Å². The van der Waals surface area contributed by atoms with Crippen molar-refractivity contribution in [3.63, 3.8) is 0 Å². The molecule has 0 spiro atoms. The molecule has 3 aromatic heterocycles. The van der Waals surface area contributed by atoms with Crippen LogP contribution in [0.15, 0.2) is 71.6 Å². The first-order valence-corrected chi connectivity index (χ1v) is 9.37. The quantitative estimate of drug-likeness (QED) is 0.525. The fourth-order valence-electron chi connectivity index (χ4n) is 2.72. The molecule has 1 N–H and O–H groups in total. The Hall–Kier alpha value is -2.44. The number of nitrogens with zero attached hydrogens (tertiary/aromatic N) is 2. The molecule has 0 saturated heterocycles. The van der Waals surface area contributed by atoms with Crippen LogP contribution in [0.25, 0.3) is 15.9 Å². The van der Waals surface area contributed by atoms with Crippen molar-refractivity contribution in [2.45, 2.75) is 6.54 Å². The lowest BCUT2D eigenvalue weighted by atomic mass is 10.2. The fourth-order valence-corrected chi connectivity index (χ4v) is 4.23. The highest BCUT2D eigenvalue weighted by molar-refractivity contribution is 9.10. The van der Waals surface area contributed by atoms with Gasteiger partial charge in [-0.3, -0.25) is 4.79 Å². The molecule has 4 nitrogen and oxygen atoms in total. The lowest BCUT2D eigenvalue weighted by molar-refractivity contribution is 0.0955. The monoisotopic (exact) mass is 411 g/mol. The van der Waals surface area contributed by atoms with E-state index in [0.717, 1.165) is 25.9 Å². The molecule has 0 radical (unpaired) electrons. The van der Waals surface area contributed by atoms with E-state index in [1.165, 1.54) is 11.3 Å². The molecule has 0 aliphatic rings. The second-order valence-corrected chi connectivity index (χ2v) is 7.45. The normalized spacial score (nSPS) is 10.9. The number of pyridine rings is 1. The summed E-state index contributed by atoms with van der Waals surface area (Å²) in [5.41, 5.74) is 1.93. The Labute approximate surface area is 157 Å². The molecule has 4 aromatic rings. The van der Waals surface area contributed by atoms with Gasteiger partial charge in [0.2, 0.25) is 0 Å². The number of hydrogen-bond donors (Lipinski definition) is 1. The Bertz CT molecular complexity index is 1040. The Morgan fingerprint density at radius 3 is 2.80 bits per heavy atom. The van der Waals surface area contributed by atoms with Crippen LogP contribution in [0, 0.1) is 0 Å². The van der Waals surface area contributed by atoms with Gasteiger partial charge in [0, 0.05) is 35.0 Å². The summed E-state index contributed by atoms with van der Waals surface area (Å²) in [5.74, 6) is -0.0910. The Balaban J connectivity index is 1.68. The van der Waals surface area contributed by atoms with Gasteiger partial charge in [-0.2, -0.15) is 0 Å². The molecule has 6 heteroatoms. The lowest BCUT2D eigenvalue weighted by Gasteiger charge is -2.08. The van der Waals surface area contributed by atoms with Gasteiger partial charge < -0.3 is 9.88 Å². The minimum absolute atomic E-state index is 0.0910. The van der Waals surface area contributed by atoms with E-state index in [9.17, 15) is 4.79 Å². The number of carbonyl (C=O) groups is 1. The first kappa shape index (κ1) is 16.1. The summed E-state index contributed by atoms with van der Waals surface area (Å²) in [4.78, 5) is 18.8. The highest BCUT2D eigenvalue weighted by Crippen LogP contribution is 2.33. The van der Waals surface area contributed by atoms with E-state index in [1.807, 2.05) is 65.5 Å². The molecule has 1 aromatic carbocycles. The molecule has 1 amide bonds. The number of hydrogen-bond acceptors (Lipinski definition) is 3. The maximum Gasteiger partial charge on any atom is 0.263 e. The van der Waals surface area contributed by atoms with Crippen LogP contribution < -0.4 is 5.32 Å². The molecule has 0 aliphatic carbocycles. The van der Waals surface area contributed by atoms with Crippen molar-refractivity contribution in [2.75, 3.05) is 0 Å². The number of fused-ring (bicyclic) bond motifs is 1. The molecule has 0 unspecified atom stereocenters. The summed E-state index contributed by atoms with van der Waals surface area (Å²) in [5, 5.41) is 4.00. The third-order valence-electron chi connectivity index (χ3n) is 3.85. The third kappa shape index (κ3) is 3.23. The zero-order chi connectivity index (χ0) is 17.2. The summed E-state index contributed by atoms with van der Waals surface area (Å²) >= 11 is 4.87. The van der Waals surface area contributed by atoms with E-state index >= 15 is 0 Å². The van der Waals surface area contributed by atoms with Gasteiger partial charge >= 0.3 is 0 Å². The average molecular weight is 412 g/mol. The second-order valence-electron chi connectivity index (χ2n) is 5.54. The molecule has 3 heterocycles. The van der Waals surface area contributed by atoms with E-state index in [0.29, 0.717) is 11.4 Å². The number of aromatic nitrogens is 2. The van der Waals surface area contributed by atoms with Crippen molar-refractivity contribution in [1.29, 1.82) is 0 Å². The largest absolute Gasteiger partial charge is 0.347 e. The average Bonchev–Trinajstić information content (AvgIpc) is 3.26. The first-order chi connectivity index (χ1) is 12.2. The van der Waals surface area contributed by atoms with Crippen molar-refractivity contribution in [3.05, 3.63) is 82.0 Å². The standard InChI is InChI=1S/C19H14BrN3OS/c20-14-6-3-5-13(11-14)12-22-18(24)17-16(23-9-1-2-10-23)15-7-4-8-21-19(15)25-17/h1-11H,12H2,(H,22,24). The Morgan fingerprint density at radius 1 is 1.16 bits per heavy atom. The van der Waals surface area contributed by atoms with Gasteiger partial charge in [0.1, 0.15) is 9.71 Å². The summed E-state index contributed by atoms with van der Waals surface area (Å²) in [6.45, 7) is 0.477. The van der Waals surface area contributed by atoms with Gasteiger partial charge in [0.15, 0.2) is 0 Å². The summed E-state index contributed by atoms with van der Waals surface area (Å²) in [6, 6.07) is 15.7. The van der Waals surface area contributed by atoms with Gasteiger partial charge in [-0.1, -0.05) is 28.1 Å². The van der Waals surface area contributed by atoms with Crippen LogP contribution in [0.4, 0.5) is 0 Å². The van der Waals surface area contributed by atoms with Crippen LogP contribution in [-0.2, 0) is 6.54 Å². The van der Waals surface area contributed by atoms with Gasteiger partial charge in [-0.05, 0) is 42.0 Å². The van der Waals surface area contributed by atoms with Gasteiger partial charge in [-0.25, -0.2) is 4.98 Å². The molecule has 0 aliphatic heterocycles. The van der Waals surface area contributed by atoms with Crippen molar-refractivity contribution in [2.24, 2.45) is 0 Å². The van der Waals surface area contributed by atoms with Crippen molar-refractivity contribution in [1.82, 2.24) is 14.9 Å². The molecule has 4 rings (SSSR count). The van der Waals surface area contributed by atoms with E-state index < -0.39 is 0 Å². The molecular formula is C19H14BrN3OS. The smallest absolute Gasteiger partial charge is 0.263 e. The number of amides is 1. The van der Waals surface area contributed by atoms with Crippen LogP contribution >= 0.6 is 27.3 Å². The maximum absolute atomic E-state index is 12.8. The predicted octanol–water partition coefficient (Wildman–Crippen LogP) is 4.78. The zero-order valence-electron chi connectivity index (χ0n) is 13.1. The predicted molar refractivity (Wildman–Crippen MR) is 104 cm³/mol. The summed E-state index contributed by atoms with van der Waals surface area (Å²) in [6.07, 6.45) is 5.64. The molecule has 25 heavy (non-hydrogen) atoms. The molecule has 0 saturated carbocycles. The molecule has 0 bridgehead atoms. The van der Waals surface area contributed by atoms with Gasteiger partial charge in [-0.15, -0.1) is 11.3 Å². The van der Waals surface area contributed by atoms with Crippen molar-refractivity contribution < 1.29 is 4.79 Å². The summed E-state index contributed by atoms with van der Waals surface area (Å²) < 4.78 is 2.97. The number of halogens is 1. The second kappa shape index (κ2) is 6.82. The number of rotatable bonds is 4. The third-order valence-corrected chi connectivity index (χ3v) is 5.45. The first-order valence-electron chi connectivity index (χ1n) is 7.76. The Kier molecular flexibility index (Phi) is 4.38. The SMILES string of the molecule is O=C(NCc1cccc(Br)c1)c1sc2ncccc2c1-n1cccc1. The highest BCUT2D eigenvalue weighted by atomic mass is 79.9. The van der Waals surface area contributed by atoms with Crippen molar-refractivity contribution >= 4 is 43.4 Å². The topological polar surface area (TPSA) is 46.9 Å². The molecular weight excluding hydrogens is 398 g/mol.